The Kier molecular flexibility index (Phi) is 4.60. The van der Waals surface area contributed by atoms with Crippen LogP contribution >= 0.6 is 0 Å². The highest BCUT2D eigenvalue weighted by atomic mass is 16.6. The Labute approximate surface area is 129 Å². The number of carbonyl (C=O) groups excluding carboxylic acids is 1. The average molecular weight is 301 g/mol. The molecule has 0 spiro atoms. The topological polar surface area (TPSA) is 73.3 Å². The third-order valence-electron chi connectivity index (χ3n) is 2.61. The molecule has 2 rings (SSSR count). The molecule has 1 aromatic carbocycles. The van der Waals surface area contributed by atoms with E-state index in [9.17, 15) is 4.79 Å². The van der Waals surface area contributed by atoms with Crippen LogP contribution in [0.4, 0.5) is 11.6 Å². The molecule has 0 atom stereocenters. The molecule has 0 unspecified atom stereocenters. The van der Waals surface area contributed by atoms with Crippen molar-refractivity contribution in [1.29, 1.82) is 0 Å². The lowest BCUT2D eigenvalue weighted by molar-refractivity contribution is 0.00696. The molecule has 6 heteroatoms. The highest BCUT2D eigenvalue weighted by Gasteiger charge is 2.17. The van der Waals surface area contributed by atoms with E-state index in [1.807, 2.05) is 20.8 Å². The molecule has 1 N–H and O–H groups in total. The number of anilines is 2. The summed E-state index contributed by atoms with van der Waals surface area (Å²) in [6.07, 6.45) is 1.60. The van der Waals surface area contributed by atoms with Gasteiger partial charge in [0.05, 0.1) is 12.7 Å². The van der Waals surface area contributed by atoms with Crippen molar-refractivity contribution >= 4 is 17.6 Å². The fraction of sp³-hybridized carbons (Fsp3) is 0.312. The summed E-state index contributed by atoms with van der Waals surface area (Å²) in [4.78, 5) is 20.2. The highest BCUT2D eigenvalue weighted by molar-refractivity contribution is 5.90. The number of carbonyl (C=O) groups is 1. The summed E-state index contributed by atoms with van der Waals surface area (Å²) in [7, 11) is 1.54. The van der Waals surface area contributed by atoms with Gasteiger partial charge in [0.1, 0.15) is 5.60 Å². The number of esters is 1. The number of benzene rings is 1. The Morgan fingerprint density at radius 2 is 1.82 bits per heavy atom. The molecule has 0 aliphatic carbocycles. The zero-order valence-corrected chi connectivity index (χ0v) is 13.1. The summed E-state index contributed by atoms with van der Waals surface area (Å²) < 4.78 is 10.3. The van der Waals surface area contributed by atoms with Crippen molar-refractivity contribution in [2.45, 2.75) is 26.4 Å². The van der Waals surface area contributed by atoms with Crippen molar-refractivity contribution in [2.24, 2.45) is 0 Å². The Hall–Kier alpha value is -2.63. The number of nitrogens with one attached hydrogen (secondary N) is 1. The number of hydrogen-bond donors (Lipinski definition) is 1. The Morgan fingerprint density at radius 3 is 2.41 bits per heavy atom. The molecule has 0 radical (unpaired) electrons. The minimum absolute atomic E-state index is 0.350. The largest absolute Gasteiger partial charge is 0.481 e. The lowest BCUT2D eigenvalue weighted by Crippen LogP contribution is -2.23. The van der Waals surface area contributed by atoms with Crippen LogP contribution in [0.25, 0.3) is 0 Å². The molecule has 0 bridgehead atoms. The molecule has 1 heterocycles. The van der Waals surface area contributed by atoms with Crippen LogP contribution in [0.1, 0.15) is 31.1 Å². The molecule has 6 nitrogen and oxygen atoms in total. The van der Waals surface area contributed by atoms with Gasteiger partial charge in [-0.2, -0.15) is 4.98 Å². The molecule has 0 aliphatic rings. The second-order valence-corrected chi connectivity index (χ2v) is 5.63. The van der Waals surface area contributed by atoms with Crippen molar-refractivity contribution in [3.63, 3.8) is 0 Å². The van der Waals surface area contributed by atoms with E-state index in [1.54, 1.807) is 43.6 Å². The quantitative estimate of drug-likeness (QED) is 0.874. The summed E-state index contributed by atoms with van der Waals surface area (Å²) in [6.45, 7) is 5.50. The molecule has 22 heavy (non-hydrogen) atoms. The zero-order valence-electron chi connectivity index (χ0n) is 13.1. The fourth-order valence-corrected chi connectivity index (χ4v) is 1.67. The third-order valence-corrected chi connectivity index (χ3v) is 2.61. The van der Waals surface area contributed by atoms with Gasteiger partial charge in [0.15, 0.2) is 0 Å². The lowest BCUT2D eigenvalue weighted by Gasteiger charge is -2.19. The summed E-state index contributed by atoms with van der Waals surface area (Å²) >= 11 is 0. The van der Waals surface area contributed by atoms with E-state index in [0.29, 0.717) is 17.4 Å². The number of hydrogen-bond acceptors (Lipinski definition) is 6. The Morgan fingerprint density at radius 1 is 1.14 bits per heavy atom. The Bertz CT molecular complexity index is 648. The van der Waals surface area contributed by atoms with Crippen molar-refractivity contribution in [3.05, 3.63) is 42.1 Å². The maximum atomic E-state index is 11.9. The van der Waals surface area contributed by atoms with E-state index in [0.717, 1.165) is 5.69 Å². The monoisotopic (exact) mass is 301 g/mol. The molecule has 0 saturated heterocycles. The van der Waals surface area contributed by atoms with Crippen LogP contribution in [0.3, 0.4) is 0 Å². The molecular weight excluding hydrogens is 282 g/mol. The molecular formula is C16H19N3O3. The van der Waals surface area contributed by atoms with Crippen LogP contribution < -0.4 is 10.1 Å². The van der Waals surface area contributed by atoms with E-state index in [2.05, 4.69) is 15.3 Å². The number of rotatable bonds is 4. The SMILES string of the molecule is COc1ccnc(Nc2ccc(C(=O)OC(C)(C)C)cc2)n1. The first-order valence-corrected chi connectivity index (χ1v) is 6.85. The van der Waals surface area contributed by atoms with Crippen LogP contribution in [0.15, 0.2) is 36.5 Å². The average Bonchev–Trinajstić information content (AvgIpc) is 2.46. The van der Waals surface area contributed by atoms with Gasteiger partial charge in [0.25, 0.3) is 0 Å². The molecule has 0 aliphatic heterocycles. The van der Waals surface area contributed by atoms with Gasteiger partial charge >= 0.3 is 5.97 Å². The van der Waals surface area contributed by atoms with Gasteiger partial charge in [-0.15, -0.1) is 0 Å². The fourth-order valence-electron chi connectivity index (χ4n) is 1.67. The van der Waals surface area contributed by atoms with Crippen LogP contribution in [-0.2, 0) is 4.74 Å². The van der Waals surface area contributed by atoms with Crippen molar-refractivity contribution < 1.29 is 14.3 Å². The van der Waals surface area contributed by atoms with E-state index in [-0.39, 0.29) is 5.97 Å². The minimum atomic E-state index is -0.511. The van der Waals surface area contributed by atoms with Gasteiger partial charge in [-0.1, -0.05) is 0 Å². The van der Waals surface area contributed by atoms with E-state index >= 15 is 0 Å². The molecule has 1 aromatic heterocycles. The van der Waals surface area contributed by atoms with E-state index in [4.69, 9.17) is 9.47 Å². The van der Waals surface area contributed by atoms with Crippen LogP contribution in [0, 0.1) is 0 Å². The van der Waals surface area contributed by atoms with Crippen LogP contribution in [-0.4, -0.2) is 28.6 Å². The maximum Gasteiger partial charge on any atom is 0.338 e. The van der Waals surface area contributed by atoms with Gasteiger partial charge in [0, 0.05) is 18.0 Å². The predicted molar refractivity (Wildman–Crippen MR) is 83.5 cm³/mol. The zero-order chi connectivity index (χ0) is 16.2. The molecule has 116 valence electrons. The highest BCUT2D eigenvalue weighted by Crippen LogP contribution is 2.17. The molecule has 0 saturated carbocycles. The third kappa shape index (κ3) is 4.44. The van der Waals surface area contributed by atoms with E-state index < -0.39 is 5.60 Å². The number of methoxy groups -OCH3 is 1. The van der Waals surface area contributed by atoms with Gasteiger partial charge in [-0.05, 0) is 45.0 Å². The van der Waals surface area contributed by atoms with Gasteiger partial charge in [-0.25, -0.2) is 9.78 Å². The number of ether oxygens (including phenoxy) is 2. The minimum Gasteiger partial charge on any atom is -0.481 e. The van der Waals surface area contributed by atoms with Crippen molar-refractivity contribution in [1.82, 2.24) is 9.97 Å². The second kappa shape index (κ2) is 6.43. The second-order valence-electron chi connectivity index (χ2n) is 5.63. The molecule has 0 fully saturated rings. The first kappa shape index (κ1) is 15.8. The molecule has 2 aromatic rings. The summed E-state index contributed by atoms with van der Waals surface area (Å²) in [5.41, 5.74) is 0.746. The molecule has 0 amide bonds. The summed E-state index contributed by atoms with van der Waals surface area (Å²) in [5, 5.41) is 3.04. The first-order chi connectivity index (χ1) is 10.4. The van der Waals surface area contributed by atoms with Crippen molar-refractivity contribution in [2.75, 3.05) is 12.4 Å². The van der Waals surface area contributed by atoms with E-state index in [1.165, 1.54) is 0 Å². The van der Waals surface area contributed by atoms with Gasteiger partial charge < -0.3 is 14.8 Å². The lowest BCUT2D eigenvalue weighted by atomic mass is 10.1. The Balaban J connectivity index is 2.07. The summed E-state index contributed by atoms with van der Waals surface area (Å²) in [5.74, 6) is 0.545. The van der Waals surface area contributed by atoms with Crippen molar-refractivity contribution in [3.8, 4) is 5.88 Å². The standard InChI is InChI=1S/C16H19N3O3/c1-16(2,3)22-14(20)11-5-7-12(8-6-11)18-15-17-10-9-13(19-15)21-4/h5-10H,1-4H3,(H,17,18,19). The first-order valence-electron chi connectivity index (χ1n) is 6.85. The van der Waals surface area contributed by atoms with Gasteiger partial charge in [-0.3, -0.25) is 0 Å². The van der Waals surface area contributed by atoms with Gasteiger partial charge in [0.2, 0.25) is 11.8 Å². The smallest absolute Gasteiger partial charge is 0.338 e. The summed E-state index contributed by atoms with van der Waals surface area (Å²) in [6, 6.07) is 8.58. The maximum absolute atomic E-state index is 11.9. The van der Waals surface area contributed by atoms with Crippen LogP contribution in [0.5, 0.6) is 5.88 Å². The van der Waals surface area contributed by atoms with Crippen LogP contribution in [0.2, 0.25) is 0 Å². The number of aromatic nitrogens is 2. The predicted octanol–water partition coefficient (Wildman–Crippen LogP) is 3.18. The number of nitrogens with zero attached hydrogens (tertiary/aromatic N) is 2. The normalized spacial score (nSPS) is 10.9.